The van der Waals surface area contributed by atoms with Crippen molar-refractivity contribution in [2.45, 2.75) is 65.3 Å². The minimum atomic E-state index is -3.30. The van der Waals surface area contributed by atoms with Gasteiger partial charge in [0.2, 0.25) is 14.2 Å². The molecule has 0 aliphatic heterocycles. The van der Waals surface area contributed by atoms with E-state index in [9.17, 15) is 19.0 Å². The van der Waals surface area contributed by atoms with Gasteiger partial charge >= 0.3 is 12.1 Å². The molecular weight excluding hydrogens is 500 g/mol. The Labute approximate surface area is 212 Å². The highest BCUT2D eigenvalue weighted by Crippen LogP contribution is 2.46. The maximum absolute atomic E-state index is 12.9. The summed E-state index contributed by atoms with van der Waals surface area (Å²) in [4.78, 5) is 36.5. The Morgan fingerprint density at radius 2 is 1.79 bits per heavy atom. The van der Waals surface area contributed by atoms with Crippen molar-refractivity contribution < 1.29 is 28.5 Å². The number of esters is 1. The monoisotopic (exact) mass is 535 g/mol. The Morgan fingerprint density at radius 1 is 1.12 bits per heavy atom. The molecule has 2 unspecified atom stereocenters. The van der Waals surface area contributed by atoms with Gasteiger partial charge in [0.25, 0.3) is 0 Å². The predicted octanol–water partition coefficient (Wildman–Crippen LogP) is 6.89. The molecule has 1 aromatic rings. The first-order chi connectivity index (χ1) is 16.0. The number of rotatable bonds is 11. The third-order valence-electron chi connectivity index (χ3n) is 6.16. The van der Waals surface area contributed by atoms with Crippen LogP contribution in [0, 0.1) is 11.8 Å². The van der Waals surface area contributed by atoms with Gasteiger partial charge in [-0.1, -0.05) is 62.4 Å². The van der Waals surface area contributed by atoms with E-state index in [4.69, 9.17) is 32.7 Å². The average molecular weight is 536 g/mol. The SMILES string of the molecule is CC(C)C(=O)OCOC(=O)N(CCCP(=O)(O)CC1CCCCC1)C(C)c1ccc(Cl)c(Cl)c1. The van der Waals surface area contributed by atoms with E-state index in [0.717, 1.165) is 31.2 Å². The van der Waals surface area contributed by atoms with E-state index in [1.165, 1.54) is 11.3 Å². The molecule has 1 saturated carbocycles. The number of carbonyl (C=O) groups is 2. The van der Waals surface area contributed by atoms with E-state index in [0.29, 0.717) is 28.5 Å². The van der Waals surface area contributed by atoms with Gasteiger partial charge in [-0.15, -0.1) is 0 Å². The lowest BCUT2D eigenvalue weighted by atomic mass is 9.91. The van der Waals surface area contributed by atoms with Gasteiger partial charge in [0.15, 0.2) is 0 Å². The van der Waals surface area contributed by atoms with Crippen LogP contribution in [0.3, 0.4) is 0 Å². The summed E-state index contributed by atoms with van der Waals surface area (Å²) in [5, 5.41) is 0.758. The summed E-state index contributed by atoms with van der Waals surface area (Å²) in [5.74, 6) is -0.509. The summed E-state index contributed by atoms with van der Waals surface area (Å²) in [6.45, 7) is 4.88. The van der Waals surface area contributed by atoms with Crippen molar-refractivity contribution in [3.63, 3.8) is 0 Å². The molecule has 10 heteroatoms. The van der Waals surface area contributed by atoms with Crippen molar-refractivity contribution in [1.82, 2.24) is 4.90 Å². The largest absolute Gasteiger partial charge is 0.428 e. The van der Waals surface area contributed by atoms with Crippen LogP contribution in [0.4, 0.5) is 4.79 Å². The zero-order valence-electron chi connectivity index (χ0n) is 20.2. The number of hydrogen-bond donors (Lipinski definition) is 1. The summed E-state index contributed by atoms with van der Waals surface area (Å²) >= 11 is 12.2. The van der Waals surface area contributed by atoms with Crippen molar-refractivity contribution in [2.75, 3.05) is 25.7 Å². The molecule has 7 nitrogen and oxygen atoms in total. The molecular formula is C24H36Cl2NO6P. The number of halogens is 2. The first kappa shape index (κ1) is 29.0. The van der Waals surface area contributed by atoms with E-state index >= 15 is 0 Å². The Kier molecular flexibility index (Phi) is 11.7. The van der Waals surface area contributed by atoms with Crippen molar-refractivity contribution in [3.8, 4) is 0 Å². The lowest BCUT2D eigenvalue weighted by molar-refractivity contribution is -0.156. The standard InChI is InChI=1S/C24H36Cl2NO6P/c1-17(2)23(28)32-16-33-24(29)27(18(3)20-10-11-21(25)22(26)14-20)12-7-13-34(30,31)15-19-8-5-4-6-9-19/h10-11,14,17-19H,4-9,12-13,15-16H2,1-3H3,(H,30,31). The van der Waals surface area contributed by atoms with E-state index in [1.807, 2.05) is 6.92 Å². The molecule has 0 radical (unpaired) electrons. The minimum Gasteiger partial charge on any atom is -0.428 e. The first-order valence-electron chi connectivity index (χ1n) is 11.9. The summed E-state index contributed by atoms with van der Waals surface area (Å²) in [7, 11) is -3.30. The van der Waals surface area contributed by atoms with Crippen LogP contribution in [-0.2, 0) is 18.8 Å². The van der Waals surface area contributed by atoms with Crippen LogP contribution in [-0.4, -0.2) is 47.5 Å². The third kappa shape index (κ3) is 9.41. The van der Waals surface area contributed by atoms with Gasteiger partial charge < -0.3 is 19.3 Å². The van der Waals surface area contributed by atoms with Crippen LogP contribution < -0.4 is 0 Å². The molecule has 2 atom stereocenters. The Morgan fingerprint density at radius 3 is 2.41 bits per heavy atom. The second-order valence-electron chi connectivity index (χ2n) is 9.30. The molecule has 0 spiro atoms. The van der Waals surface area contributed by atoms with Gasteiger partial charge in [-0.3, -0.25) is 9.36 Å². The van der Waals surface area contributed by atoms with E-state index in [1.54, 1.807) is 32.0 Å². The van der Waals surface area contributed by atoms with Gasteiger partial charge in [0, 0.05) is 18.9 Å². The number of hydrogen-bond acceptors (Lipinski definition) is 5. The summed E-state index contributed by atoms with van der Waals surface area (Å²) in [5.41, 5.74) is 0.736. The molecule has 1 aliphatic rings. The van der Waals surface area contributed by atoms with Crippen molar-refractivity contribution in [2.24, 2.45) is 11.8 Å². The summed E-state index contributed by atoms with van der Waals surface area (Å²) in [6.07, 6.45) is 5.57. The molecule has 1 N–H and O–H groups in total. The highest BCUT2D eigenvalue weighted by atomic mass is 35.5. The molecule has 0 aromatic heterocycles. The lowest BCUT2D eigenvalue weighted by Gasteiger charge is -2.29. The van der Waals surface area contributed by atoms with Gasteiger partial charge in [-0.05, 0) is 49.8 Å². The molecule has 1 aliphatic carbocycles. The topological polar surface area (TPSA) is 93.1 Å². The smallest absolute Gasteiger partial charge is 0.413 e. The molecule has 0 heterocycles. The highest BCUT2D eigenvalue weighted by Gasteiger charge is 2.28. The highest BCUT2D eigenvalue weighted by molar-refractivity contribution is 7.58. The number of benzene rings is 1. The molecule has 2 rings (SSSR count). The van der Waals surface area contributed by atoms with Crippen LogP contribution >= 0.6 is 30.6 Å². The van der Waals surface area contributed by atoms with Gasteiger partial charge in [-0.2, -0.15) is 0 Å². The fourth-order valence-corrected chi connectivity index (χ4v) is 6.43. The number of nitrogens with zero attached hydrogens (tertiary/aromatic N) is 1. The first-order valence-corrected chi connectivity index (χ1v) is 14.6. The second-order valence-corrected chi connectivity index (χ2v) is 12.6. The number of carbonyl (C=O) groups excluding carboxylic acids is 2. The van der Waals surface area contributed by atoms with Crippen LogP contribution in [0.2, 0.25) is 10.0 Å². The number of amides is 1. The maximum Gasteiger partial charge on any atom is 0.413 e. The lowest BCUT2D eigenvalue weighted by Crippen LogP contribution is -2.36. The van der Waals surface area contributed by atoms with Gasteiger partial charge in [0.1, 0.15) is 0 Å². The average Bonchev–Trinajstić information content (AvgIpc) is 2.78. The maximum atomic E-state index is 12.9. The van der Waals surface area contributed by atoms with E-state index < -0.39 is 32.3 Å². The molecule has 1 aromatic carbocycles. The predicted molar refractivity (Wildman–Crippen MR) is 135 cm³/mol. The van der Waals surface area contributed by atoms with Crippen LogP contribution in [0.5, 0.6) is 0 Å². The molecule has 34 heavy (non-hydrogen) atoms. The Bertz CT molecular complexity index is 875. The number of ether oxygens (including phenoxy) is 2. The fraction of sp³-hybridized carbons (Fsp3) is 0.667. The molecule has 1 amide bonds. The summed E-state index contributed by atoms with van der Waals surface area (Å²) < 4.78 is 22.9. The summed E-state index contributed by atoms with van der Waals surface area (Å²) in [6, 6.07) is 4.64. The van der Waals surface area contributed by atoms with Gasteiger partial charge in [0.05, 0.1) is 22.0 Å². The van der Waals surface area contributed by atoms with Crippen molar-refractivity contribution in [1.29, 1.82) is 0 Å². The second kappa shape index (κ2) is 13.7. The van der Waals surface area contributed by atoms with Crippen molar-refractivity contribution >= 4 is 42.6 Å². The Hall–Kier alpha value is -1.27. The molecule has 0 saturated heterocycles. The zero-order chi connectivity index (χ0) is 25.3. The van der Waals surface area contributed by atoms with Crippen LogP contribution in [0.1, 0.15) is 70.9 Å². The normalized spacial score (nSPS) is 17.1. The molecule has 192 valence electrons. The van der Waals surface area contributed by atoms with E-state index in [2.05, 4.69) is 0 Å². The molecule has 1 fully saturated rings. The zero-order valence-corrected chi connectivity index (χ0v) is 22.6. The minimum absolute atomic E-state index is 0.129. The van der Waals surface area contributed by atoms with Crippen LogP contribution in [0.15, 0.2) is 18.2 Å². The van der Waals surface area contributed by atoms with Gasteiger partial charge in [-0.25, -0.2) is 4.79 Å². The fourth-order valence-electron chi connectivity index (χ4n) is 4.14. The van der Waals surface area contributed by atoms with Crippen LogP contribution in [0.25, 0.3) is 0 Å². The van der Waals surface area contributed by atoms with E-state index in [-0.39, 0.29) is 18.6 Å². The molecule has 0 bridgehead atoms. The Balaban J connectivity index is 2.03. The van der Waals surface area contributed by atoms with Crippen molar-refractivity contribution in [3.05, 3.63) is 33.8 Å². The quantitative estimate of drug-likeness (QED) is 0.188. The third-order valence-corrected chi connectivity index (χ3v) is 9.00.